The maximum atomic E-state index is 6.01. The van der Waals surface area contributed by atoms with Crippen LogP contribution in [-0.4, -0.2) is 64.0 Å². The van der Waals surface area contributed by atoms with Crippen LogP contribution in [0.15, 0.2) is 29.3 Å². The number of rotatable bonds is 8. The summed E-state index contributed by atoms with van der Waals surface area (Å²) in [6.45, 7) is 6.75. The maximum Gasteiger partial charge on any atom is 0.193 e. The van der Waals surface area contributed by atoms with Crippen molar-refractivity contribution in [2.24, 2.45) is 4.99 Å². The van der Waals surface area contributed by atoms with Crippen LogP contribution in [0.4, 0.5) is 0 Å². The predicted molar refractivity (Wildman–Crippen MR) is 120 cm³/mol. The van der Waals surface area contributed by atoms with Crippen molar-refractivity contribution in [1.29, 1.82) is 0 Å². The fourth-order valence-corrected chi connectivity index (χ4v) is 4.86. The fourth-order valence-electron chi connectivity index (χ4n) is 4.86. The summed E-state index contributed by atoms with van der Waals surface area (Å²) in [7, 11) is 3.65. The quantitative estimate of drug-likeness (QED) is 0.408. The first-order valence-corrected chi connectivity index (χ1v) is 11.3. The molecular weight excluding hydrogens is 362 g/mol. The molecule has 3 rings (SSSR count). The van der Waals surface area contributed by atoms with Crippen molar-refractivity contribution in [3.63, 3.8) is 0 Å². The highest BCUT2D eigenvalue weighted by Gasteiger charge is 2.36. The van der Waals surface area contributed by atoms with Gasteiger partial charge < -0.3 is 19.7 Å². The van der Waals surface area contributed by atoms with Gasteiger partial charge in [0.2, 0.25) is 0 Å². The van der Waals surface area contributed by atoms with Crippen LogP contribution in [-0.2, 0) is 14.9 Å². The van der Waals surface area contributed by atoms with Gasteiger partial charge in [-0.1, -0.05) is 42.7 Å². The second-order valence-electron chi connectivity index (χ2n) is 8.66. The first kappa shape index (κ1) is 22.1. The normalized spacial score (nSPS) is 20.2. The molecular formula is C24H39N3O2. The largest absolute Gasteiger partial charge is 0.385 e. The van der Waals surface area contributed by atoms with Crippen molar-refractivity contribution < 1.29 is 9.47 Å². The SMILES string of the molecule is CN=C(NCC1(c2cccc(C)c2)CCCC1)N1CCC(OCCCOC)CC1. The zero-order valence-corrected chi connectivity index (χ0v) is 18.6. The Hall–Kier alpha value is -1.59. The number of aliphatic imine (C=N–C) groups is 1. The number of hydrogen-bond acceptors (Lipinski definition) is 3. The average molecular weight is 402 g/mol. The number of guanidine groups is 1. The Kier molecular flexibility index (Phi) is 8.37. The molecule has 29 heavy (non-hydrogen) atoms. The Morgan fingerprint density at radius 1 is 1.21 bits per heavy atom. The summed E-state index contributed by atoms with van der Waals surface area (Å²) in [6, 6.07) is 9.09. The third kappa shape index (κ3) is 5.95. The summed E-state index contributed by atoms with van der Waals surface area (Å²) in [5, 5.41) is 3.73. The van der Waals surface area contributed by atoms with E-state index in [1.165, 1.54) is 36.8 Å². The molecule has 0 spiro atoms. The lowest BCUT2D eigenvalue weighted by Crippen LogP contribution is -2.50. The smallest absolute Gasteiger partial charge is 0.193 e. The van der Waals surface area contributed by atoms with Gasteiger partial charge in [-0.25, -0.2) is 0 Å². The number of hydrogen-bond donors (Lipinski definition) is 1. The molecule has 2 aliphatic rings. The number of likely N-dealkylation sites (tertiary alicyclic amines) is 1. The Morgan fingerprint density at radius 3 is 2.62 bits per heavy atom. The lowest BCUT2D eigenvalue weighted by molar-refractivity contribution is 0.00987. The van der Waals surface area contributed by atoms with Crippen LogP contribution in [0.3, 0.4) is 0 Å². The van der Waals surface area contributed by atoms with Gasteiger partial charge in [0.25, 0.3) is 0 Å². The van der Waals surface area contributed by atoms with Crippen molar-refractivity contribution in [2.75, 3.05) is 47.0 Å². The Bertz CT molecular complexity index is 647. The van der Waals surface area contributed by atoms with Crippen molar-refractivity contribution in [1.82, 2.24) is 10.2 Å². The molecule has 1 aliphatic heterocycles. The molecule has 162 valence electrons. The summed E-state index contributed by atoms with van der Waals surface area (Å²) in [5.41, 5.74) is 3.08. The highest BCUT2D eigenvalue weighted by molar-refractivity contribution is 5.80. The molecule has 5 nitrogen and oxygen atoms in total. The van der Waals surface area contributed by atoms with Crippen LogP contribution in [0.2, 0.25) is 0 Å². The van der Waals surface area contributed by atoms with Crippen molar-refractivity contribution in [2.45, 2.75) is 63.4 Å². The van der Waals surface area contributed by atoms with Gasteiger partial charge in [-0.3, -0.25) is 4.99 Å². The lowest BCUT2D eigenvalue weighted by Gasteiger charge is -2.36. The van der Waals surface area contributed by atoms with E-state index in [1.807, 2.05) is 7.05 Å². The summed E-state index contributed by atoms with van der Waals surface area (Å²) in [6.07, 6.45) is 8.64. The minimum absolute atomic E-state index is 0.241. The third-order valence-electron chi connectivity index (χ3n) is 6.58. The number of benzene rings is 1. The van der Waals surface area contributed by atoms with E-state index in [0.29, 0.717) is 6.10 Å². The standard InChI is InChI=1S/C24H39N3O2/c1-20-8-6-9-21(18-20)24(12-4-5-13-24)19-26-23(25-2)27-14-10-22(11-15-27)29-17-7-16-28-3/h6,8-9,18,22H,4-5,7,10-17,19H2,1-3H3,(H,25,26). The highest BCUT2D eigenvalue weighted by atomic mass is 16.5. The molecule has 1 aromatic carbocycles. The second kappa shape index (κ2) is 11.0. The van der Waals surface area contributed by atoms with E-state index in [2.05, 4.69) is 46.4 Å². The van der Waals surface area contributed by atoms with E-state index in [4.69, 9.17) is 9.47 Å². The average Bonchev–Trinajstić information content (AvgIpc) is 3.23. The monoisotopic (exact) mass is 401 g/mol. The first-order chi connectivity index (χ1) is 14.2. The van der Waals surface area contributed by atoms with E-state index in [1.54, 1.807) is 7.11 Å². The van der Waals surface area contributed by atoms with Gasteiger partial charge in [-0.05, 0) is 44.6 Å². The van der Waals surface area contributed by atoms with Gasteiger partial charge in [-0.15, -0.1) is 0 Å². The minimum atomic E-state index is 0.241. The van der Waals surface area contributed by atoms with Crippen molar-refractivity contribution >= 4 is 5.96 Å². The molecule has 1 aromatic rings. The molecule has 1 aliphatic carbocycles. The number of nitrogens with zero attached hydrogens (tertiary/aromatic N) is 2. The number of piperidine rings is 1. The van der Waals surface area contributed by atoms with Crippen LogP contribution in [0.5, 0.6) is 0 Å². The van der Waals surface area contributed by atoms with Crippen LogP contribution >= 0.6 is 0 Å². The zero-order valence-electron chi connectivity index (χ0n) is 18.6. The maximum absolute atomic E-state index is 6.01. The highest BCUT2D eigenvalue weighted by Crippen LogP contribution is 2.40. The van der Waals surface area contributed by atoms with E-state index in [9.17, 15) is 0 Å². The van der Waals surface area contributed by atoms with Crippen LogP contribution in [0.1, 0.15) is 56.1 Å². The minimum Gasteiger partial charge on any atom is -0.385 e. The molecule has 0 atom stereocenters. The molecule has 1 N–H and O–H groups in total. The number of aryl methyl sites for hydroxylation is 1. The zero-order chi connectivity index (χ0) is 20.5. The number of ether oxygens (including phenoxy) is 2. The molecule has 5 heteroatoms. The van der Waals surface area contributed by atoms with Gasteiger partial charge in [-0.2, -0.15) is 0 Å². The van der Waals surface area contributed by atoms with Gasteiger partial charge >= 0.3 is 0 Å². The summed E-state index contributed by atoms with van der Waals surface area (Å²) in [4.78, 5) is 7.00. The van der Waals surface area contributed by atoms with Gasteiger partial charge in [0.1, 0.15) is 0 Å². The predicted octanol–water partition coefficient (Wildman–Crippen LogP) is 3.90. The van der Waals surface area contributed by atoms with Crippen LogP contribution in [0, 0.1) is 6.92 Å². The van der Waals surface area contributed by atoms with Crippen molar-refractivity contribution in [3.05, 3.63) is 35.4 Å². The molecule has 0 bridgehead atoms. The Labute approximate surface area is 176 Å². The second-order valence-corrected chi connectivity index (χ2v) is 8.66. The summed E-state index contributed by atoms with van der Waals surface area (Å²) >= 11 is 0. The fraction of sp³-hybridized carbons (Fsp3) is 0.708. The van der Waals surface area contributed by atoms with Gasteiger partial charge in [0.15, 0.2) is 5.96 Å². The van der Waals surface area contributed by atoms with Gasteiger partial charge in [0.05, 0.1) is 6.10 Å². The van der Waals surface area contributed by atoms with E-state index in [-0.39, 0.29) is 5.41 Å². The molecule has 0 aromatic heterocycles. The molecule has 1 saturated heterocycles. The van der Waals surface area contributed by atoms with E-state index in [0.717, 1.165) is 58.1 Å². The lowest BCUT2D eigenvalue weighted by atomic mass is 9.78. The summed E-state index contributed by atoms with van der Waals surface area (Å²) < 4.78 is 11.1. The topological polar surface area (TPSA) is 46.1 Å². The van der Waals surface area contributed by atoms with Gasteiger partial charge in [0, 0.05) is 52.4 Å². The Balaban J connectivity index is 1.52. The molecule has 1 saturated carbocycles. The number of nitrogens with one attached hydrogen (secondary N) is 1. The Morgan fingerprint density at radius 2 is 1.97 bits per heavy atom. The van der Waals surface area contributed by atoms with Crippen molar-refractivity contribution in [3.8, 4) is 0 Å². The molecule has 1 heterocycles. The molecule has 0 radical (unpaired) electrons. The van der Waals surface area contributed by atoms with Crippen LogP contribution < -0.4 is 5.32 Å². The van der Waals surface area contributed by atoms with E-state index >= 15 is 0 Å². The molecule has 2 fully saturated rings. The number of methoxy groups -OCH3 is 1. The molecule has 0 amide bonds. The van der Waals surface area contributed by atoms with E-state index < -0.39 is 0 Å². The summed E-state index contributed by atoms with van der Waals surface area (Å²) in [5.74, 6) is 1.04. The molecule has 0 unspecified atom stereocenters. The third-order valence-corrected chi connectivity index (χ3v) is 6.58. The van der Waals surface area contributed by atoms with Crippen LogP contribution in [0.25, 0.3) is 0 Å². The first-order valence-electron chi connectivity index (χ1n) is 11.3.